The summed E-state index contributed by atoms with van der Waals surface area (Å²) in [7, 11) is 0. The minimum absolute atomic E-state index is 0.192. The lowest BCUT2D eigenvalue weighted by Gasteiger charge is -2.12. The molecule has 24 heavy (non-hydrogen) atoms. The van der Waals surface area contributed by atoms with Gasteiger partial charge in [-0.15, -0.1) is 0 Å². The van der Waals surface area contributed by atoms with E-state index < -0.39 is 11.9 Å². The van der Waals surface area contributed by atoms with E-state index in [0.29, 0.717) is 30.3 Å². The van der Waals surface area contributed by atoms with E-state index in [2.05, 4.69) is 5.32 Å². The summed E-state index contributed by atoms with van der Waals surface area (Å²) < 4.78 is 24.3. The van der Waals surface area contributed by atoms with Crippen LogP contribution in [0.1, 0.15) is 13.3 Å². The smallest absolute Gasteiger partial charge is 0.404 e. The number of rotatable bonds is 7. The highest BCUT2D eigenvalue weighted by molar-refractivity contribution is 6.30. The first-order valence-corrected chi connectivity index (χ1v) is 7.66. The molecule has 1 unspecified atom stereocenters. The first kappa shape index (κ1) is 17.9. The molecule has 0 aromatic heterocycles. The molecule has 0 saturated heterocycles. The molecule has 2 rings (SSSR count). The van der Waals surface area contributed by atoms with Gasteiger partial charge < -0.3 is 19.9 Å². The summed E-state index contributed by atoms with van der Waals surface area (Å²) in [6.07, 6.45) is -0.506. The van der Waals surface area contributed by atoms with Gasteiger partial charge in [0.15, 0.2) is 0 Å². The van der Waals surface area contributed by atoms with E-state index in [9.17, 15) is 9.18 Å². The van der Waals surface area contributed by atoms with Gasteiger partial charge in [0.1, 0.15) is 23.1 Å². The average molecular weight is 354 g/mol. The van der Waals surface area contributed by atoms with Crippen LogP contribution in [-0.2, 0) is 0 Å². The Morgan fingerprint density at radius 2 is 1.88 bits per heavy atom. The van der Waals surface area contributed by atoms with E-state index in [4.69, 9.17) is 26.2 Å². The number of benzene rings is 2. The Morgan fingerprint density at radius 3 is 2.50 bits per heavy atom. The predicted octanol–water partition coefficient (Wildman–Crippen LogP) is 4.70. The summed E-state index contributed by atoms with van der Waals surface area (Å²) in [6.45, 7) is 2.14. The summed E-state index contributed by atoms with van der Waals surface area (Å²) in [5.74, 6) is 0.982. The van der Waals surface area contributed by atoms with Crippen molar-refractivity contribution in [2.45, 2.75) is 19.4 Å². The van der Waals surface area contributed by atoms with Crippen molar-refractivity contribution < 1.29 is 23.8 Å². The molecule has 1 atom stereocenters. The second-order valence-electron chi connectivity index (χ2n) is 5.17. The number of carbonyl (C=O) groups is 1. The number of nitrogens with one attached hydrogen (secondary N) is 1. The number of hydrogen-bond donors (Lipinski definition) is 2. The number of carboxylic acid groups (broad SMARTS) is 1. The maximum absolute atomic E-state index is 13.3. The van der Waals surface area contributed by atoms with Gasteiger partial charge in [0.05, 0.1) is 6.61 Å². The largest absolute Gasteiger partial charge is 0.494 e. The predicted molar refractivity (Wildman–Crippen MR) is 88.7 cm³/mol. The maximum atomic E-state index is 13.3. The van der Waals surface area contributed by atoms with E-state index in [1.54, 1.807) is 31.2 Å². The number of ether oxygens (including phenoxy) is 2. The second kappa shape index (κ2) is 8.40. The van der Waals surface area contributed by atoms with Gasteiger partial charge in [-0.25, -0.2) is 9.18 Å². The van der Waals surface area contributed by atoms with Gasteiger partial charge in [-0.2, -0.15) is 0 Å². The molecule has 2 aromatic rings. The third-order valence-electron chi connectivity index (χ3n) is 3.08. The van der Waals surface area contributed by atoms with Crippen LogP contribution in [0.4, 0.5) is 9.18 Å². The van der Waals surface area contributed by atoms with Crippen molar-refractivity contribution in [3.05, 3.63) is 53.3 Å². The third kappa shape index (κ3) is 5.96. The Bertz CT molecular complexity index is 673. The van der Waals surface area contributed by atoms with Crippen molar-refractivity contribution in [1.29, 1.82) is 0 Å². The molecule has 0 heterocycles. The lowest BCUT2D eigenvalue weighted by Crippen LogP contribution is -2.32. The minimum Gasteiger partial charge on any atom is -0.494 e. The fourth-order valence-corrected chi connectivity index (χ4v) is 2.18. The maximum Gasteiger partial charge on any atom is 0.404 e. The van der Waals surface area contributed by atoms with Crippen LogP contribution >= 0.6 is 11.6 Å². The second-order valence-corrected chi connectivity index (χ2v) is 5.60. The van der Waals surface area contributed by atoms with E-state index >= 15 is 0 Å². The molecule has 0 aliphatic heterocycles. The number of hydrogen-bond acceptors (Lipinski definition) is 3. The summed E-state index contributed by atoms with van der Waals surface area (Å²) >= 11 is 5.77. The fraction of sp³-hybridized carbons (Fsp3) is 0.235. The lowest BCUT2D eigenvalue weighted by atomic mass is 10.2. The van der Waals surface area contributed by atoms with Crippen molar-refractivity contribution in [3.8, 4) is 17.2 Å². The molecule has 0 aliphatic carbocycles. The SMILES string of the molecule is CC(CCOc1ccc(Oc2cc(F)cc(Cl)c2)cc1)NC(=O)O. The molecule has 0 bridgehead atoms. The fourth-order valence-electron chi connectivity index (χ4n) is 1.96. The van der Waals surface area contributed by atoms with Crippen LogP contribution in [0.15, 0.2) is 42.5 Å². The molecular weight excluding hydrogens is 337 g/mol. The van der Waals surface area contributed by atoms with Crippen LogP contribution in [0.25, 0.3) is 0 Å². The van der Waals surface area contributed by atoms with Crippen molar-refractivity contribution in [3.63, 3.8) is 0 Å². The summed E-state index contributed by atoms with van der Waals surface area (Å²) in [5.41, 5.74) is 0. The molecular formula is C17H17ClFNO4. The van der Waals surface area contributed by atoms with Crippen molar-refractivity contribution in [1.82, 2.24) is 5.32 Å². The lowest BCUT2D eigenvalue weighted by molar-refractivity contribution is 0.188. The molecule has 7 heteroatoms. The molecule has 128 valence electrons. The average Bonchev–Trinajstić information content (AvgIpc) is 2.47. The number of halogens is 2. The summed E-state index contributed by atoms with van der Waals surface area (Å²) in [4.78, 5) is 10.5. The minimum atomic E-state index is -1.05. The van der Waals surface area contributed by atoms with Crippen molar-refractivity contribution >= 4 is 17.7 Å². The quantitative estimate of drug-likeness (QED) is 0.757. The van der Waals surface area contributed by atoms with Crippen LogP contribution in [0, 0.1) is 5.82 Å². The Hall–Kier alpha value is -2.47. The van der Waals surface area contributed by atoms with E-state index in [1.807, 2.05) is 0 Å². The first-order chi connectivity index (χ1) is 11.4. The van der Waals surface area contributed by atoms with Gasteiger partial charge in [-0.05, 0) is 43.3 Å². The molecule has 0 saturated carbocycles. The van der Waals surface area contributed by atoms with Gasteiger partial charge in [0.2, 0.25) is 0 Å². The van der Waals surface area contributed by atoms with Crippen molar-refractivity contribution in [2.24, 2.45) is 0 Å². The zero-order valence-corrected chi connectivity index (χ0v) is 13.7. The molecule has 0 radical (unpaired) electrons. The van der Waals surface area contributed by atoms with Gasteiger partial charge in [-0.1, -0.05) is 11.6 Å². The van der Waals surface area contributed by atoms with Crippen LogP contribution in [-0.4, -0.2) is 23.8 Å². The van der Waals surface area contributed by atoms with E-state index in [0.717, 1.165) is 0 Å². The molecule has 2 aromatic carbocycles. The first-order valence-electron chi connectivity index (χ1n) is 7.28. The monoisotopic (exact) mass is 353 g/mol. The van der Waals surface area contributed by atoms with Crippen LogP contribution in [0.2, 0.25) is 5.02 Å². The highest BCUT2D eigenvalue weighted by atomic mass is 35.5. The van der Waals surface area contributed by atoms with Gasteiger partial charge in [0.25, 0.3) is 0 Å². The molecule has 0 spiro atoms. The Labute approximate surface area is 144 Å². The molecule has 2 N–H and O–H groups in total. The number of amides is 1. The van der Waals surface area contributed by atoms with E-state index in [-0.39, 0.29) is 11.1 Å². The third-order valence-corrected chi connectivity index (χ3v) is 3.30. The van der Waals surface area contributed by atoms with Crippen LogP contribution in [0.3, 0.4) is 0 Å². The molecule has 0 aliphatic rings. The summed E-state index contributed by atoms with van der Waals surface area (Å²) in [6, 6.07) is 10.6. The van der Waals surface area contributed by atoms with E-state index in [1.165, 1.54) is 18.2 Å². The van der Waals surface area contributed by atoms with Crippen molar-refractivity contribution in [2.75, 3.05) is 6.61 Å². The van der Waals surface area contributed by atoms with Gasteiger partial charge in [0, 0.05) is 23.6 Å². The van der Waals surface area contributed by atoms with Gasteiger partial charge >= 0.3 is 6.09 Å². The molecule has 1 amide bonds. The Kier molecular flexibility index (Phi) is 6.26. The van der Waals surface area contributed by atoms with Gasteiger partial charge in [-0.3, -0.25) is 0 Å². The Morgan fingerprint density at radius 1 is 1.21 bits per heavy atom. The summed E-state index contributed by atoms with van der Waals surface area (Å²) in [5, 5.41) is 11.2. The molecule has 5 nitrogen and oxygen atoms in total. The topological polar surface area (TPSA) is 67.8 Å². The highest BCUT2D eigenvalue weighted by Crippen LogP contribution is 2.27. The highest BCUT2D eigenvalue weighted by Gasteiger charge is 2.06. The normalized spacial score (nSPS) is 11.6. The molecule has 0 fully saturated rings. The Balaban J connectivity index is 1.85. The standard InChI is InChI=1S/C17H17ClFNO4/c1-11(20-17(21)22)6-7-23-14-2-4-15(5-3-14)24-16-9-12(18)8-13(19)10-16/h2-5,8-11,20H,6-7H2,1H3,(H,21,22). The zero-order chi connectivity index (χ0) is 17.5. The van der Waals surface area contributed by atoms with Crippen LogP contribution in [0.5, 0.6) is 17.2 Å². The zero-order valence-electron chi connectivity index (χ0n) is 13.0. The van der Waals surface area contributed by atoms with Crippen LogP contribution < -0.4 is 14.8 Å².